The van der Waals surface area contributed by atoms with Gasteiger partial charge in [0.2, 0.25) is 0 Å². The van der Waals surface area contributed by atoms with Crippen LogP contribution in [0.1, 0.15) is 11.6 Å². The van der Waals surface area contributed by atoms with E-state index in [2.05, 4.69) is 15.9 Å². The molecule has 1 atom stereocenters. The molecule has 3 nitrogen and oxygen atoms in total. The second kappa shape index (κ2) is 3.73. The summed E-state index contributed by atoms with van der Waals surface area (Å²) in [6, 6.07) is 2.82. The van der Waals surface area contributed by atoms with Crippen molar-refractivity contribution in [3.63, 3.8) is 0 Å². The second-order valence-electron chi connectivity index (χ2n) is 2.43. The molecule has 0 aliphatic heterocycles. The number of phenolic OH excluding ortho intramolecular Hbond substituents is 1. The Hall–Kier alpha value is -1.12. The molecule has 13 heavy (non-hydrogen) atoms. The summed E-state index contributed by atoms with van der Waals surface area (Å²) in [6.07, 6.45) is 0. The maximum atomic E-state index is 12.8. The van der Waals surface area contributed by atoms with Crippen LogP contribution >= 0.6 is 15.9 Å². The van der Waals surface area contributed by atoms with Crippen LogP contribution in [0.2, 0.25) is 0 Å². The van der Waals surface area contributed by atoms with Gasteiger partial charge in [-0.1, -0.05) is 0 Å². The van der Waals surface area contributed by atoms with E-state index in [9.17, 15) is 9.50 Å². The van der Waals surface area contributed by atoms with Gasteiger partial charge in [0, 0.05) is 5.56 Å². The topological polar surface area (TPSA) is 70.0 Å². The Bertz CT molecular complexity index is 375. The van der Waals surface area contributed by atoms with Crippen LogP contribution in [0.5, 0.6) is 5.75 Å². The molecule has 3 N–H and O–H groups in total. The summed E-state index contributed by atoms with van der Waals surface area (Å²) in [5.41, 5.74) is 5.40. The van der Waals surface area contributed by atoms with Crippen LogP contribution in [0.25, 0.3) is 0 Å². The van der Waals surface area contributed by atoms with E-state index in [0.717, 1.165) is 12.1 Å². The molecule has 0 amide bonds. The number of nitriles is 1. The number of benzene rings is 1. The van der Waals surface area contributed by atoms with Gasteiger partial charge in [0.25, 0.3) is 0 Å². The standard InChI is InChI=1S/C8H6BrFN2O/c9-6-2-4(10)1-5(8(6)13)7(12)3-11/h1-2,7,13H,12H2. The van der Waals surface area contributed by atoms with E-state index in [-0.39, 0.29) is 15.8 Å². The van der Waals surface area contributed by atoms with Crippen LogP contribution in [0, 0.1) is 17.1 Å². The molecule has 1 aromatic carbocycles. The lowest BCUT2D eigenvalue weighted by molar-refractivity contribution is 0.460. The van der Waals surface area contributed by atoms with Gasteiger partial charge in [-0.15, -0.1) is 0 Å². The summed E-state index contributed by atoms with van der Waals surface area (Å²) in [4.78, 5) is 0. The van der Waals surface area contributed by atoms with Crippen LogP contribution in [0.3, 0.4) is 0 Å². The number of nitrogens with two attached hydrogens (primary N) is 1. The minimum Gasteiger partial charge on any atom is -0.506 e. The van der Waals surface area contributed by atoms with Gasteiger partial charge in [-0.25, -0.2) is 4.39 Å². The predicted molar refractivity (Wildman–Crippen MR) is 48.3 cm³/mol. The van der Waals surface area contributed by atoms with Crippen molar-refractivity contribution in [1.29, 1.82) is 5.26 Å². The molecular weight excluding hydrogens is 239 g/mol. The fourth-order valence-electron chi connectivity index (χ4n) is 0.893. The van der Waals surface area contributed by atoms with E-state index in [0.29, 0.717) is 0 Å². The predicted octanol–water partition coefficient (Wildman–Crippen LogP) is 1.82. The molecule has 0 saturated heterocycles. The van der Waals surface area contributed by atoms with Crippen molar-refractivity contribution in [3.8, 4) is 11.8 Å². The van der Waals surface area contributed by atoms with Gasteiger partial charge >= 0.3 is 0 Å². The first-order chi connectivity index (χ1) is 6.06. The fourth-order valence-corrected chi connectivity index (χ4v) is 1.34. The van der Waals surface area contributed by atoms with Crippen molar-refractivity contribution in [3.05, 3.63) is 28.0 Å². The second-order valence-corrected chi connectivity index (χ2v) is 3.29. The lowest BCUT2D eigenvalue weighted by Gasteiger charge is -2.07. The summed E-state index contributed by atoms with van der Waals surface area (Å²) in [6.45, 7) is 0. The van der Waals surface area contributed by atoms with E-state index in [1.807, 2.05) is 0 Å². The molecule has 0 spiro atoms. The third-order valence-electron chi connectivity index (χ3n) is 1.53. The van der Waals surface area contributed by atoms with Crippen molar-refractivity contribution in [2.75, 3.05) is 0 Å². The average Bonchev–Trinajstić information content (AvgIpc) is 2.10. The molecule has 1 aromatic rings. The molecule has 0 saturated carbocycles. The third-order valence-corrected chi connectivity index (χ3v) is 2.14. The molecule has 0 bridgehead atoms. The zero-order chi connectivity index (χ0) is 10.0. The van der Waals surface area contributed by atoms with E-state index >= 15 is 0 Å². The number of halogens is 2. The largest absolute Gasteiger partial charge is 0.506 e. The van der Waals surface area contributed by atoms with E-state index in [4.69, 9.17) is 11.0 Å². The average molecular weight is 245 g/mol. The summed E-state index contributed by atoms with van der Waals surface area (Å²) < 4.78 is 13.0. The molecule has 0 fully saturated rings. The minimum absolute atomic E-state index is 0.0781. The molecule has 0 radical (unpaired) electrons. The highest BCUT2D eigenvalue weighted by molar-refractivity contribution is 9.10. The quantitative estimate of drug-likeness (QED) is 0.792. The number of hydrogen-bond acceptors (Lipinski definition) is 3. The van der Waals surface area contributed by atoms with Gasteiger partial charge in [0.05, 0.1) is 10.5 Å². The Labute approximate surface area is 82.7 Å². The smallest absolute Gasteiger partial charge is 0.135 e. The van der Waals surface area contributed by atoms with Crippen molar-refractivity contribution in [2.24, 2.45) is 5.73 Å². The molecule has 0 aromatic heterocycles. The highest BCUT2D eigenvalue weighted by Gasteiger charge is 2.14. The Morgan fingerprint density at radius 2 is 2.23 bits per heavy atom. The number of nitrogens with zero attached hydrogens (tertiary/aromatic N) is 1. The van der Waals surface area contributed by atoms with Gasteiger partial charge < -0.3 is 10.8 Å². The lowest BCUT2D eigenvalue weighted by atomic mass is 10.1. The number of hydrogen-bond donors (Lipinski definition) is 2. The molecule has 68 valence electrons. The van der Waals surface area contributed by atoms with Gasteiger partial charge in [-0.05, 0) is 28.1 Å². The van der Waals surface area contributed by atoms with Crippen LogP contribution in [0.15, 0.2) is 16.6 Å². The Morgan fingerprint density at radius 1 is 1.62 bits per heavy atom. The maximum Gasteiger partial charge on any atom is 0.135 e. The maximum absolute atomic E-state index is 12.8. The zero-order valence-corrected chi connectivity index (χ0v) is 8.05. The number of aromatic hydroxyl groups is 1. The normalized spacial score (nSPS) is 12.2. The van der Waals surface area contributed by atoms with Crippen LogP contribution in [0.4, 0.5) is 4.39 Å². The molecule has 5 heteroatoms. The molecular formula is C8H6BrFN2O. The summed E-state index contributed by atoms with van der Waals surface area (Å²) in [7, 11) is 0. The summed E-state index contributed by atoms with van der Waals surface area (Å²) in [5.74, 6) is -0.749. The van der Waals surface area contributed by atoms with Gasteiger partial charge in [-0.2, -0.15) is 5.26 Å². The highest BCUT2D eigenvalue weighted by Crippen LogP contribution is 2.31. The first kappa shape index (κ1) is 9.96. The zero-order valence-electron chi connectivity index (χ0n) is 6.46. The fraction of sp³-hybridized carbons (Fsp3) is 0.125. The molecule has 0 aliphatic rings. The minimum atomic E-state index is -1.02. The van der Waals surface area contributed by atoms with Gasteiger partial charge in [0.15, 0.2) is 0 Å². The summed E-state index contributed by atoms with van der Waals surface area (Å²) >= 11 is 2.94. The Kier molecular flexibility index (Phi) is 2.86. The molecule has 0 aliphatic carbocycles. The molecule has 0 heterocycles. The summed E-state index contributed by atoms with van der Waals surface area (Å²) in [5, 5.41) is 17.8. The van der Waals surface area contributed by atoms with Gasteiger partial charge in [0.1, 0.15) is 17.6 Å². The van der Waals surface area contributed by atoms with Crippen molar-refractivity contribution < 1.29 is 9.50 Å². The number of rotatable bonds is 1. The van der Waals surface area contributed by atoms with E-state index in [1.165, 1.54) is 0 Å². The third kappa shape index (κ3) is 1.97. The van der Waals surface area contributed by atoms with Crippen LogP contribution < -0.4 is 5.73 Å². The monoisotopic (exact) mass is 244 g/mol. The van der Waals surface area contributed by atoms with Crippen molar-refractivity contribution in [2.45, 2.75) is 6.04 Å². The van der Waals surface area contributed by atoms with Crippen LogP contribution in [-0.4, -0.2) is 5.11 Å². The SMILES string of the molecule is N#CC(N)c1cc(F)cc(Br)c1O. The molecule has 1 rings (SSSR count). The first-order valence-electron chi connectivity index (χ1n) is 3.39. The number of phenols is 1. The van der Waals surface area contributed by atoms with Crippen LogP contribution in [-0.2, 0) is 0 Å². The Morgan fingerprint density at radius 3 is 2.77 bits per heavy atom. The Balaban J connectivity index is 3.30. The first-order valence-corrected chi connectivity index (χ1v) is 4.18. The van der Waals surface area contributed by atoms with E-state index in [1.54, 1.807) is 6.07 Å². The van der Waals surface area contributed by atoms with Gasteiger partial charge in [-0.3, -0.25) is 0 Å². The van der Waals surface area contributed by atoms with Crippen molar-refractivity contribution in [1.82, 2.24) is 0 Å². The van der Waals surface area contributed by atoms with Crippen molar-refractivity contribution >= 4 is 15.9 Å². The lowest BCUT2D eigenvalue weighted by Crippen LogP contribution is -2.07. The molecule has 1 unspecified atom stereocenters. The van der Waals surface area contributed by atoms with E-state index < -0.39 is 11.9 Å². The highest BCUT2D eigenvalue weighted by atomic mass is 79.9.